The maximum Gasteiger partial charge on any atom is 0.410 e. The van der Waals surface area contributed by atoms with Gasteiger partial charge in [-0.1, -0.05) is 39.0 Å². The van der Waals surface area contributed by atoms with E-state index in [4.69, 9.17) is 4.74 Å². The molecule has 0 bridgehead atoms. The summed E-state index contributed by atoms with van der Waals surface area (Å²) in [5, 5.41) is 3.61. The fourth-order valence-electron chi connectivity index (χ4n) is 2.60. The second-order valence-corrected chi connectivity index (χ2v) is 7.35. The summed E-state index contributed by atoms with van der Waals surface area (Å²) in [6, 6.07) is 0.973. The number of nitrogens with one attached hydrogen (secondary N) is 1. The van der Waals surface area contributed by atoms with Crippen molar-refractivity contribution < 1.29 is 9.53 Å². The summed E-state index contributed by atoms with van der Waals surface area (Å²) in [5.41, 5.74) is -0.401. The van der Waals surface area contributed by atoms with Crippen molar-refractivity contribution in [3.8, 4) is 0 Å². The van der Waals surface area contributed by atoms with Gasteiger partial charge in [0.2, 0.25) is 0 Å². The summed E-state index contributed by atoms with van der Waals surface area (Å²) in [5.74, 6) is 0. The van der Waals surface area contributed by atoms with E-state index < -0.39 is 5.60 Å². The Balaban J connectivity index is 2.07. The third-order valence-corrected chi connectivity index (χ3v) is 3.79. The fraction of sp³-hybridized carbons (Fsp3) is 0.941. The van der Waals surface area contributed by atoms with Gasteiger partial charge in [-0.25, -0.2) is 4.79 Å². The first-order valence-corrected chi connectivity index (χ1v) is 8.55. The zero-order valence-electron chi connectivity index (χ0n) is 14.6. The Hall–Kier alpha value is -0.770. The zero-order chi connectivity index (χ0) is 15.9. The van der Waals surface area contributed by atoms with Gasteiger partial charge in [-0.15, -0.1) is 0 Å². The van der Waals surface area contributed by atoms with Crippen LogP contribution in [0.3, 0.4) is 0 Å². The van der Waals surface area contributed by atoms with Crippen LogP contribution in [0, 0.1) is 0 Å². The Labute approximate surface area is 130 Å². The van der Waals surface area contributed by atoms with Crippen LogP contribution in [-0.2, 0) is 4.74 Å². The normalized spacial score (nSPS) is 17.5. The van der Waals surface area contributed by atoms with Gasteiger partial charge >= 0.3 is 6.09 Å². The third-order valence-electron chi connectivity index (χ3n) is 3.79. The molecule has 0 aromatic carbocycles. The predicted octanol–water partition coefficient (Wildman–Crippen LogP) is 3.94. The highest BCUT2D eigenvalue weighted by molar-refractivity contribution is 5.69. The van der Waals surface area contributed by atoms with Crippen molar-refractivity contribution in [2.75, 3.05) is 13.1 Å². The molecule has 1 rings (SSSR count). The monoisotopic (exact) mass is 298 g/mol. The van der Waals surface area contributed by atoms with Gasteiger partial charge in [-0.3, -0.25) is 0 Å². The van der Waals surface area contributed by atoms with Crippen molar-refractivity contribution in [3.05, 3.63) is 0 Å². The number of likely N-dealkylation sites (tertiary alicyclic amines) is 1. The Bertz CT molecular complexity index is 306. The molecule has 0 radical (unpaired) electrons. The predicted molar refractivity (Wildman–Crippen MR) is 87.6 cm³/mol. The number of nitrogens with zero attached hydrogens (tertiary/aromatic N) is 1. The van der Waals surface area contributed by atoms with Crippen LogP contribution in [0.5, 0.6) is 0 Å². The lowest BCUT2D eigenvalue weighted by Gasteiger charge is -2.41. The summed E-state index contributed by atoms with van der Waals surface area (Å²) in [6.45, 7) is 11.8. The molecule has 21 heavy (non-hydrogen) atoms. The average Bonchev–Trinajstić information content (AvgIpc) is 2.30. The molecule has 1 amide bonds. The number of hydrogen-bond donors (Lipinski definition) is 1. The van der Waals surface area contributed by atoms with E-state index in [1.54, 1.807) is 4.90 Å². The lowest BCUT2D eigenvalue weighted by atomic mass is 10.0. The molecular formula is C17H34N2O2. The maximum absolute atomic E-state index is 11.8. The number of rotatable bonds is 8. The minimum atomic E-state index is -0.401. The van der Waals surface area contributed by atoms with Crippen LogP contribution in [0.1, 0.15) is 73.1 Å². The number of hydrogen-bond acceptors (Lipinski definition) is 3. The van der Waals surface area contributed by atoms with Crippen molar-refractivity contribution >= 4 is 6.09 Å². The summed E-state index contributed by atoms with van der Waals surface area (Å²) in [6.07, 6.45) is 7.70. The van der Waals surface area contributed by atoms with Gasteiger partial charge in [0.1, 0.15) is 5.60 Å². The van der Waals surface area contributed by atoms with Crippen LogP contribution in [0.25, 0.3) is 0 Å². The summed E-state index contributed by atoms with van der Waals surface area (Å²) >= 11 is 0. The topological polar surface area (TPSA) is 41.6 Å². The van der Waals surface area contributed by atoms with Gasteiger partial charge in [-0.05, 0) is 34.1 Å². The number of unbranched alkanes of at least 4 members (excludes halogenated alkanes) is 4. The standard InChI is InChI=1S/C17H34N2O2/c1-6-7-8-9-10-11-14(2)18-15-12-19(13-15)16(20)21-17(3,4)5/h14-15,18H,6-13H2,1-5H3. The molecule has 0 aliphatic carbocycles. The van der Waals surface area contributed by atoms with Crippen LogP contribution in [0.4, 0.5) is 4.79 Å². The maximum atomic E-state index is 11.8. The van der Waals surface area contributed by atoms with E-state index in [1.165, 1.54) is 38.5 Å². The molecule has 0 aromatic rings. The van der Waals surface area contributed by atoms with E-state index in [-0.39, 0.29) is 6.09 Å². The molecule has 1 fully saturated rings. The van der Waals surface area contributed by atoms with Crippen LogP contribution in [0.15, 0.2) is 0 Å². The molecule has 1 atom stereocenters. The number of carbonyl (C=O) groups is 1. The van der Waals surface area contributed by atoms with Crippen molar-refractivity contribution in [2.45, 2.75) is 90.8 Å². The third kappa shape index (κ3) is 7.70. The first-order chi connectivity index (χ1) is 9.81. The van der Waals surface area contributed by atoms with Crippen LogP contribution < -0.4 is 5.32 Å². The number of ether oxygens (including phenoxy) is 1. The average molecular weight is 298 g/mol. The first kappa shape index (κ1) is 18.3. The van der Waals surface area contributed by atoms with Gasteiger partial charge < -0.3 is 15.0 Å². The molecule has 1 aliphatic rings. The minimum Gasteiger partial charge on any atom is -0.444 e. The fourth-order valence-corrected chi connectivity index (χ4v) is 2.60. The van der Waals surface area contributed by atoms with Gasteiger partial charge in [0, 0.05) is 25.2 Å². The molecule has 0 spiro atoms. The molecule has 1 saturated heterocycles. The summed E-state index contributed by atoms with van der Waals surface area (Å²) < 4.78 is 5.36. The second-order valence-electron chi connectivity index (χ2n) is 7.35. The summed E-state index contributed by atoms with van der Waals surface area (Å²) in [4.78, 5) is 13.6. The second kappa shape index (κ2) is 8.62. The Morgan fingerprint density at radius 3 is 2.43 bits per heavy atom. The van der Waals surface area contributed by atoms with E-state index >= 15 is 0 Å². The van der Waals surface area contributed by atoms with Crippen LogP contribution >= 0.6 is 0 Å². The van der Waals surface area contributed by atoms with E-state index in [1.807, 2.05) is 20.8 Å². The lowest BCUT2D eigenvalue weighted by Crippen LogP contribution is -2.62. The van der Waals surface area contributed by atoms with Gasteiger partial charge in [0.25, 0.3) is 0 Å². The van der Waals surface area contributed by atoms with Crippen LogP contribution in [-0.4, -0.2) is 41.8 Å². The SMILES string of the molecule is CCCCCCCC(C)NC1CN(C(=O)OC(C)(C)C)C1. The first-order valence-electron chi connectivity index (χ1n) is 8.55. The van der Waals surface area contributed by atoms with Crippen molar-refractivity contribution in [2.24, 2.45) is 0 Å². The molecule has 0 aromatic heterocycles. The molecule has 1 aliphatic heterocycles. The van der Waals surface area contributed by atoms with Crippen LogP contribution in [0.2, 0.25) is 0 Å². The smallest absolute Gasteiger partial charge is 0.410 e. The molecule has 4 nitrogen and oxygen atoms in total. The van der Waals surface area contributed by atoms with E-state index in [0.29, 0.717) is 12.1 Å². The number of amides is 1. The molecule has 1 heterocycles. The molecule has 0 saturated carbocycles. The highest BCUT2D eigenvalue weighted by atomic mass is 16.6. The Morgan fingerprint density at radius 1 is 1.24 bits per heavy atom. The largest absolute Gasteiger partial charge is 0.444 e. The molecule has 124 valence electrons. The van der Waals surface area contributed by atoms with E-state index in [9.17, 15) is 4.79 Å². The van der Waals surface area contributed by atoms with E-state index in [0.717, 1.165) is 13.1 Å². The number of carbonyl (C=O) groups excluding carboxylic acids is 1. The van der Waals surface area contributed by atoms with E-state index in [2.05, 4.69) is 19.2 Å². The quantitative estimate of drug-likeness (QED) is 0.690. The van der Waals surface area contributed by atoms with Gasteiger partial charge in [0.05, 0.1) is 0 Å². The Morgan fingerprint density at radius 2 is 1.86 bits per heavy atom. The highest BCUT2D eigenvalue weighted by Gasteiger charge is 2.33. The highest BCUT2D eigenvalue weighted by Crippen LogP contribution is 2.16. The minimum absolute atomic E-state index is 0.187. The van der Waals surface area contributed by atoms with Gasteiger partial charge in [0.15, 0.2) is 0 Å². The zero-order valence-corrected chi connectivity index (χ0v) is 14.6. The summed E-state index contributed by atoms with van der Waals surface area (Å²) in [7, 11) is 0. The molecule has 4 heteroatoms. The molecule has 1 N–H and O–H groups in total. The molecule has 1 unspecified atom stereocenters. The van der Waals surface area contributed by atoms with Crippen molar-refractivity contribution in [1.82, 2.24) is 10.2 Å². The van der Waals surface area contributed by atoms with Gasteiger partial charge in [-0.2, -0.15) is 0 Å². The van der Waals surface area contributed by atoms with Crippen molar-refractivity contribution in [3.63, 3.8) is 0 Å². The Kier molecular flexibility index (Phi) is 7.50. The molecular weight excluding hydrogens is 264 g/mol. The van der Waals surface area contributed by atoms with Crippen molar-refractivity contribution in [1.29, 1.82) is 0 Å². The lowest BCUT2D eigenvalue weighted by molar-refractivity contribution is 0.00423.